The quantitative estimate of drug-likeness (QED) is 0.732. The molecular formula is C19H18BNO2. The number of aryl methyl sites for hydroxylation is 2. The van der Waals surface area contributed by atoms with Gasteiger partial charge in [0, 0.05) is 23.5 Å². The summed E-state index contributed by atoms with van der Waals surface area (Å²) in [5, 5.41) is 19.2. The topological polar surface area (TPSA) is 53.4 Å². The van der Waals surface area contributed by atoms with E-state index in [1.54, 1.807) is 12.3 Å². The molecule has 0 spiro atoms. The highest BCUT2D eigenvalue weighted by Gasteiger charge is 2.17. The molecule has 3 nitrogen and oxygen atoms in total. The van der Waals surface area contributed by atoms with Crippen LogP contribution in [0.4, 0.5) is 0 Å². The summed E-state index contributed by atoms with van der Waals surface area (Å²) in [6.07, 6.45) is 3.57. The molecule has 0 radical (unpaired) electrons. The Hall–Kier alpha value is -2.43. The number of hydrogen-bond acceptors (Lipinski definition) is 3. The van der Waals surface area contributed by atoms with Gasteiger partial charge in [-0.05, 0) is 36.5 Å². The second-order valence-corrected chi connectivity index (χ2v) is 5.79. The molecule has 114 valence electrons. The number of hydrogen-bond donors (Lipinski definition) is 2. The van der Waals surface area contributed by atoms with E-state index in [1.165, 1.54) is 5.56 Å². The van der Waals surface area contributed by atoms with Gasteiger partial charge < -0.3 is 10.0 Å². The van der Waals surface area contributed by atoms with Crippen LogP contribution in [0.25, 0.3) is 22.3 Å². The normalized spacial score (nSPS) is 10.6. The molecule has 0 bridgehead atoms. The van der Waals surface area contributed by atoms with Gasteiger partial charge in [-0.2, -0.15) is 0 Å². The summed E-state index contributed by atoms with van der Waals surface area (Å²) in [6.45, 7) is 4.04. The maximum absolute atomic E-state index is 9.61. The molecule has 0 fully saturated rings. The fourth-order valence-corrected chi connectivity index (χ4v) is 2.64. The molecule has 0 amide bonds. The number of nitrogens with zero attached hydrogens (tertiary/aromatic N) is 1. The zero-order chi connectivity index (χ0) is 16.4. The van der Waals surface area contributed by atoms with Crippen LogP contribution in [0.1, 0.15) is 11.1 Å². The zero-order valence-corrected chi connectivity index (χ0v) is 13.2. The molecule has 2 N–H and O–H groups in total. The van der Waals surface area contributed by atoms with Crippen molar-refractivity contribution >= 4 is 12.6 Å². The average molecular weight is 303 g/mol. The Kier molecular flexibility index (Phi) is 4.28. The molecule has 3 aromatic rings. The molecule has 0 saturated heterocycles. The van der Waals surface area contributed by atoms with Crippen molar-refractivity contribution in [3.63, 3.8) is 0 Å². The van der Waals surface area contributed by atoms with Crippen LogP contribution in [0.3, 0.4) is 0 Å². The lowest BCUT2D eigenvalue weighted by Crippen LogP contribution is -2.31. The highest BCUT2D eigenvalue weighted by Crippen LogP contribution is 2.25. The lowest BCUT2D eigenvalue weighted by molar-refractivity contribution is 0.426. The summed E-state index contributed by atoms with van der Waals surface area (Å²) >= 11 is 0. The molecule has 1 heterocycles. The molecule has 0 aliphatic heterocycles. The Morgan fingerprint density at radius 1 is 0.739 bits per heavy atom. The smallest absolute Gasteiger partial charge is 0.423 e. The van der Waals surface area contributed by atoms with E-state index in [-0.39, 0.29) is 0 Å². The summed E-state index contributed by atoms with van der Waals surface area (Å²) in [6, 6.07) is 15.9. The van der Waals surface area contributed by atoms with E-state index in [0.717, 1.165) is 27.8 Å². The van der Waals surface area contributed by atoms with Gasteiger partial charge in [-0.25, -0.2) is 0 Å². The molecular weight excluding hydrogens is 285 g/mol. The highest BCUT2D eigenvalue weighted by molar-refractivity contribution is 6.60. The highest BCUT2D eigenvalue weighted by atomic mass is 16.4. The van der Waals surface area contributed by atoms with Crippen LogP contribution < -0.4 is 5.46 Å². The van der Waals surface area contributed by atoms with Gasteiger partial charge in [0.15, 0.2) is 0 Å². The Labute approximate surface area is 136 Å². The van der Waals surface area contributed by atoms with Crippen molar-refractivity contribution in [3.05, 3.63) is 72.1 Å². The van der Waals surface area contributed by atoms with Crippen LogP contribution in [0, 0.1) is 13.8 Å². The van der Waals surface area contributed by atoms with E-state index < -0.39 is 7.12 Å². The van der Waals surface area contributed by atoms with Crippen molar-refractivity contribution in [1.29, 1.82) is 0 Å². The lowest BCUT2D eigenvalue weighted by atomic mass is 9.75. The first kappa shape index (κ1) is 15.5. The second kappa shape index (κ2) is 6.36. The van der Waals surface area contributed by atoms with Gasteiger partial charge in [0.05, 0.1) is 0 Å². The molecule has 0 aliphatic rings. The van der Waals surface area contributed by atoms with Crippen molar-refractivity contribution in [2.75, 3.05) is 0 Å². The third-order valence-corrected chi connectivity index (χ3v) is 3.92. The zero-order valence-electron chi connectivity index (χ0n) is 13.2. The van der Waals surface area contributed by atoms with E-state index in [0.29, 0.717) is 5.46 Å². The van der Waals surface area contributed by atoms with Gasteiger partial charge in [-0.15, -0.1) is 0 Å². The molecule has 0 aliphatic carbocycles. The minimum Gasteiger partial charge on any atom is -0.423 e. The summed E-state index contributed by atoms with van der Waals surface area (Å²) in [7, 11) is -1.51. The summed E-state index contributed by atoms with van der Waals surface area (Å²) in [5.41, 5.74) is 6.51. The molecule has 4 heteroatoms. The van der Waals surface area contributed by atoms with Gasteiger partial charge in [0.1, 0.15) is 0 Å². The second-order valence-electron chi connectivity index (χ2n) is 5.79. The van der Waals surface area contributed by atoms with Gasteiger partial charge in [-0.3, -0.25) is 4.98 Å². The number of benzene rings is 2. The van der Waals surface area contributed by atoms with E-state index in [4.69, 9.17) is 0 Å². The van der Waals surface area contributed by atoms with Crippen LogP contribution in [-0.2, 0) is 0 Å². The lowest BCUT2D eigenvalue weighted by Gasteiger charge is -2.11. The van der Waals surface area contributed by atoms with Crippen molar-refractivity contribution in [3.8, 4) is 22.3 Å². The third-order valence-electron chi connectivity index (χ3n) is 3.92. The van der Waals surface area contributed by atoms with Gasteiger partial charge in [-0.1, -0.05) is 53.6 Å². The summed E-state index contributed by atoms with van der Waals surface area (Å²) in [5.74, 6) is 0. The van der Waals surface area contributed by atoms with Crippen LogP contribution >= 0.6 is 0 Å². The maximum Gasteiger partial charge on any atom is 0.489 e. The SMILES string of the molecule is Cc1ccc(-c2cncc(-c3cc(C)ccc3B(O)O)c2)cc1. The third kappa shape index (κ3) is 3.34. The van der Waals surface area contributed by atoms with E-state index in [9.17, 15) is 10.0 Å². The van der Waals surface area contributed by atoms with Gasteiger partial charge in [0.2, 0.25) is 0 Å². The number of rotatable bonds is 3. The molecule has 2 aromatic carbocycles. The average Bonchev–Trinajstić information content (AvgIpc) is 2.55. The van der Waals surface area contributed by atoms with Crippen molar-refractivity contribution < 1.29 is 10.0 Å². The molecule has 0 unspecified atom stereocenters. The minimum absolute atomic E-state index is 0.485. The molecule has 0 atom stereocenters. The monoisotopic (exact) mass is 303 g/mol. The number of pyridine rings is 1. The van der Waals surface area contributed by atoms with E-state index in [1.807, 2.05) is 31.3 Å². The Bertz CT molecular complexity index is 829. The Morgan fingerprint density at radius 3 is 2.09 bits per heavy atom. The molecule has 23 heavy (non-hydrogen) atoms. The van der Waals surface area contributed by atoms with Crippen LogP contribution in [0.2, 0.25) is 0 Å². The van der Waals surface area contributed by atoms with Crippen molar-refractivity contribution in [2.24, 2.45) is 0 Å². The molecule has 1 aromatic heterocycles. The van der Waals surface area contributed by atoms with Crippen LogP contribution in [0.15, 0.2) is 60.9 Å². The Morgan fingerprint density at radius 2 is 1.39 bits per heavy atom. The van der Waals surface area contributed by atoms with Crippen LogP contribution in [-0.4, -0.2) is 22.2 Å². The first-order chi connectivity index (χ1) is 11.0. The first-order valence-electron chi connectivity index (χ1n) is 7.54. The largest absolute Gasteiger partial charge is 0.489 e. The number of aromatic nitrogens is 1. The molecule has 3 rings (SSSR count). The fourth-order valence-electron chi connectivity index (χ4n) is 2.64. The summed E-state index contributed by atoms with van der Waals surface area (Å²) < 4.78 is 0. The molecule has 0 saturated carbocycles. The predicted octanol–water partition coefficient (Wildman–Crippen LogP) is 2.71. The van der Waals surface area contributed by atoms with Crippen molar-refractivity contribution in [2.45, 2.75) is 13.8 Å². The first-order valence-corrected chi connectivity index (χ1v) is 7.54. The van der Waals surface area contributed by atoms with E-state index in [2.05, 4.69) is 36.2 Å². The maximum atomic E-state index is 9.61. The standard InChI is InChI=1S/C19H18BNO2/c1-13-3-6-15(7-4-13)16-10-17(12-21-11-16)18-9-14(2)5-8-19(18)20(22)23/h3-12,22-23H,1-2H3. The van der Waals surface area contributed by atoms with E-state index >= 15 is 0 Å². The summed E-state index contributed by atoms with van der Waals surface area (Å²) in [4.78, 5) is 4.33. The van der Waals surface area contributed by atoms with Crippen LogP contribution in [0.5, 0.6) is 0 Å². The van der Waals surface area contributed by atoms with Crippen molar-refractivity contribution in [1.82, 2.24) is 4.98 Å². The van der Waals surface area contributed by atoms with Gasteiger partial charge >= 0.3 is 7.12 Å². The fraction of sp³-hybridized carbons (Fsp3) is 0.105. The Balaban J connectivity index is 2.10. The van der Waals surface area contributed by atoms with Gasteiger partial charge in [0.25, 0.3) is 0 Å². The predicted molar refractivity (Wildman–Crippen MR) is 94.4 cm³/mol. The minimum atomic E-state index is -1.51.